The minimum Gasteiger partial charge on any atom is -0.497 e. The van der Waals surface area contributed by atoms with Gasteiger partial charge in [0.05, 0.1) is 14.2 Å². The number of nitrogens with zero attached hydrogens (tertiary/aromatic N) is 4. The van der Waals surface area contributed by atoms with Gasteiger partial charge >= 0.3 is 0 Å². The van der Waals surface area contributed by atoms with Crippen molar-refractivity contribution in [2.24, 2.45) is 0 Å². The van der Waals surface area contributed by atoms with E-state index in [0.717, 1.165) is 11.4 Å². The average Bonchev–Trinajstić information content (AvgIpc) is 2.89. The van der Waals surface area contributed by atoms with Gasteiger partial charge in [0.25, 0.3) is 11.8 Å². The molecule has 0 saturated carbocycles. The van der Waals surface area contributed by atoms with Gasteiger partial charge in [0.2, 0.25) is 0 Å². The van der Waals surface area contributed by atoms with Crippen molar-refractivity contribution in [2.45, 2.75) is 0 Å². The largest absolute Gasteiger partial charge is 0.497 e. The second-order valence-electron chi connectivity index (χ2n) is 7.41. The van der Waals surface area contributed by atoms with Crippen LogP contribution in [0.1, 0.15) is 20.8 Å². The van der Waals surface area contributed by atoms with Crippen molar-refractivity contribution in [3.8, 4) is 11.5 Å². The molecule has 0 spiro atoms. The minimum atomic E-state index is -0.378. The zero-order valence-electron chi connectivity index (χ0n) is 18.5. The van der Waals surface area contributed by atoms with Crippen LogP contribution in [0, 0.1) is 0 Å². The van der Waals surface area contributed by atoms with Gasteiger partial charge in [0.15, 0.2) is 11.5 Å². The fourth-order valence-corrected chi connectivity index (χ4v) is 3.62. The van der Waals surface area contributed by atoms with Crippen LogP contribution in [-0.2, 0) is 0 Å². The Morgan fingerprint density at radius 1 is 0.818 bits per heavy atom. The standard InChI is InChI=1S/C24H25N5O4/c1-32-19-7-3-17(4-8-19)23(30)27-22-21(25-11-12-26-22)24(31)29-15-13-28(14-16-29)18-5-9-20(33-2)10-6-18/h3-12H,13-16H2,1-2H3,(H,26,27,30). The highest BCUT2D eigenvalue weighted by Gasteiger charge is 2.26. The number of carbonyl (C=O) groups excluding carboxylic acids is 2. The second kappa shape index (κ2) is 9.99. The molecule has 33 heavy (non-hydrogen) atoms. The number of anilines is 2. The van der Waals surface area contributed by atoms with Gasteiger partial charge < -0.3 is 24.6 Å². The van der Waals surface area contributed by atoms with E-state index in [1.54, 1.807) is 43.4 Å². The number of hydrogen-bond acceptors (Lipinski definition) is 7. The molecule has 4 rings (SSSR count). The maximum atomic E-state index is 13.2. The van der Waals surface area contributed by atoms with Crippen LogP contribution >= 0.6 is 0 Å². The first-order chi connectivity index (χ1) is 16.1. The number of methoxy groups -OCH3 is 2. The third-order valence-corrected chi connectivity index (χ3v) is 5.49. The summed E-state index contributed by atoms with van der Waals surface area (Å²) in [4.78, 5) is 38.2. The normalized spacial score (nSPS) is 13.4. The molecule has 1 aliphatic rings. The Hall–Kier alpha value is -4.14. The molecule has 2 aromatic carbocycles. The first-order valence-electron chi connectivity index (χ1n) is 10.5. The van der Waals surface area contributed by atoms with Gasteiger partial charge in [0, 0.05) is 49.8 Å². The Morgan fingerprint density at radius 2 is 1.39 bits per heavy atom. The molecule has 0 bridgehead atoms. The lowest BCUT2D eigenvalue weighted by Gasteiger charge is -2.36. The average molecular weight is 447 g/mol. The van der Waals surface area contributed by atoms with Gasteiger partial charge in [-0.05, 0) is 48.5 Å². The molecule has 0 atom stereocenters. The summed E-state index contributed by atoms with van der Waals surface area (Å²) in [6.45, 7) is 2.44. The number of ether oxygens (including phenoxy) is 2. The molecule has 0 radical (unpaired) electrons. The molecule has 2 amide bonds. The van der Waals surface area contributed by atoms with E-state index in [9.17, 15) is 9.59 Å². The maximum Gasteiger partial charge on any atom is 0.276 e. The number of amides is 2. The van der Waals surface area contributed by atoms with E-state index >= 15 is 0 Å². The molecule has 1 aromatic heterocycles. The lowest BCUT2D eigenvalue weighted by atomic mass is 10.2. The van der Waals surface area contributed by atoms with Gasteiger partial charge in [-0.25, -0.2) is 9.97 Å². The van der Waals surface area contributed by atoms with Crippen LogP contribution < -0.4 is 19.7 Å². The van der Waals surface area contributed by atoms with Crippen molar-refractivity contribution in [2.75, 3.05) is 50.6 Å². The summed E-state index contributed by atoms with van der Waals surface area (Å²) in [5, 5.41) is 2.71. The Morgan fingerprint density at radius 3 is 2.00 bits per heavy atom. The smallest absolute Gasteiger partial charge is 0.276 e. The van der Waals surface area contributed by atoms with Gasteiger partial charge in [-0.15, -0.1) is 0 Å². The van der Waals surface area contributed by atoms with Crippen molar-refractivity contribution in [3.63, 3.8) is 0 Å². The molecule has 170 valence electrons. The van der Waals surface area contributed by atoms with Crippen LogP contribution in [0.4, 0.5) is 11.5 Å². The van der Waals surface area contributed by atoms with E-state index in [4.69, 9.17) is 9.47 Å². The first kappa shape index (κ1) is 22.1. The summed E-state index contributed by atoms with van der Waals surface area (Å²) in [5.74, 6) is 0.954. The number of carbonyl (C=O) groups is 2. The monoisotopic (exact) mass is 447 g/mol. The summed E-state index contributed by atoms with van der Waals surface area (Å²) >= 11 is 0. The SMILES string of the molecule is COc1ccc(C(=O)Nc2nccnc2C(=O)N2CCN(c3ccc(OC)cc3)CC2)cc1. The third kappa shape index (κ3) is 5.03. The molecule has 9 nitrogen and oxygen atoms in total. The van der Waals surface area contributed by atoms with E-state index < -0.39 is 0 Å². The number of benzene rings is 2. The van der Waals surface area contributed by atoms with Crippen LogP contribution in [0.25, 0.3) is 0 Å². The number of rotatable bonds is 6. The summed E-state index contributed by atoms with van der Waals surface area (Å²) in [7, 11) is 3.20. The highest BCUT2D eigenvalue weighted by atomic mass is 16.5. The third-order valence-electron chi connectivity index (χ3n) is 5.49. The molecule has 1 N–H and O–H groups in total. The number of aromatic nitrogens is 2. The molecule has 0 unspecified atom stereocenters. The minimum absolute atomic E-state index is 0.122. The van der Waals surface area contributed by atoms with Crippen molar-refractivity contribution < 1.29 is 19.1 Å². The van der Waals surface area contributed by atoms with Gasteiger partial charge in [0.1, 0.15) is 11.5 Å². The lowest BCUT2D eigenvalue weighted by Crippen LogP contribution is -2.49. The Kier molecular flexibility index (Phi) is 6.68. The van der Waals surface area contributed by atoms with Crippen LogP contribution in [0.5, 0.6) is 11.5 Å². The Labute approximate surface area is 192 Å². The van der Waals surface area contributed by atoms with Crippen LogP contribution in [0.15, 0.2) is 60.9 Å². The fraction of sp³-hybridized carbons (Fsp3) is 0.250. The predicted octanol–water partition coefficient (Wildman–Crippen LogP) is 2.71. The molecule has 2 heterocycles. The van der Waals surface area contributed by atoms with E-state index in [1.807, 2.05) is 24.3 Å². The van der Waals surface area contributed by atoms with Crippen LogP contribution in [0.2, 0.25) is 0 Å². The number of nitrogens with one attached hydrogen (secondary N) is 1. The topological polar surface area (TPSA) is 96.9 Å². The Balaban J connectivity index is 1.42. The molecule has 3 aromatic rings. The Bertz CT molecular complexity index is 1110. The fourth-order valence-electron chi connectivity index (χ4n) is 3.62. The summed E-state index contributed by atoms with van der Waals surface area (Å²) < 4.78 is 10.3. The van der Waals surface area contributed by atoms with Gasteiger partial charge in [-0.3, -0.25) is 9.59 Å². The summed E-state index contributed by atoms with van der Waals surface area (Å²) in [6.07, 6.45) is 2.89. The van der Waals surface area contributed by atoms with E-state index in [1.165, 1.54) is 12.4 Å². The molecular formula is C24H25N5O4. The van der Waals surface area contributed by atoms with Crippen molar-refractivity contribution in [1.82, 2.24) is 14.9 Å². The van der Waals surface area contributed by atoms with Crippen molar-refractivity contribution >= 4 is 23.3 Å². The molecule has 1 aliphatic heterocycles. The lowest BCUT2D eigenvalue weighted by molar-refractivity contribution is 0.0741. The van der Waals surface area contributed by atoms with Crippen LogP contribution in [0.3, 0.4) is 0 Å². The van der Waals surface area contributed by atoms with E-state index in [-0.39, 0.29) is 23.3 Å². The number of piperazine rings is 1. The van der Waals surface area contributed by atoms with Crippen molar-refractivity contribution in [1.29, 1.82) is 0 Å². The van der Waals surface area contributed by atoms with E-state index in [2.05, 4.69) is 20.2 Å². The summed E-state index contributed by atoms with van der Waals surface area (Å²) in [5.41, 5.74) is 1.63. The molecule has 0 aliphatic carbocycles. The van der Waals surface area contributed by atoms with Gasteiger partial charge in [-0.1, -0.05) is 0 Å². The van der Waals surface area contributed by atoms with Crippen LogP contribution in [-0.4, -0.2) is 67.1 Å². The summed E-state index contributed by atoms with van der Waals surface area (Å²) in [6, 6.07) is 14.5. The highest BCUT2D eigenvalue weighted by Crippen LogP contribution is 2.22. The zero-order chi connectivity index (χ0) is 23.2. The van der Waals surface area contributed by atoms with Crippen molar-refractivity contribution in [3.05, 3.63) is 72.2 Å². The second-order valence-corrected chi connectivity index (χ2v) is 7.41. The van der Waals surface area contributed by atoms with Gasteiger partial charge in [-0.2, -0.15) is 0 Å². The number of hydrogen-bond donors (Lipinski definition) is 1. The molecular weight excluding hydrogens is 422 g/mol. The molecule has 9 heteroatoms. The molecule has 1 fully saturated rings. The predicted molar refractivity (Wildman–Crippen MR) is 124 cm³/mol. The zero-order valence-corrected chi connectivity index (χ0v) is 18.5. The highest BCUT2D eigenvalue weighted by molar-refractivity contribution is 6.07. The first-order valence-corrected chi connectivity index (χ1v) is 10.5. The quantitative estimate of drug-likeness (QED) is 0.621. The maximum absolute atomic E-state index is 13.2. The molecule has 1 saturated heterocycles. The van der Waals surface area contributed by atoms with E-state index in [0.29, 0.717) is 37.5 Å².